The van der Waals surface area contributed by atoms with E-state index in [2.05, 4.69) is 49.5 Å². The van der Waals surface area contributed by atoms with Gasteiger partial charge in [-0.1, -0.05) is 44.2 Å². The van der Waals surface area contributed by atoms with Crippen LogP contribution >= 0.6 is 0 Å². The van der Waals surface area contributed by atoms with Crippen molar-refractivity contribution >= 4 is 5.78 Å². The standard InChI is InChI=1S/C16H25NO.HNO3/c1-4-16(5-2,15-11-7-6-8-12-15)17-13-9-10-14(3)18;2-1(3)4/h6-8,11-12,17H,4-5,9-10,13H2,1-3H3;(H,2,3,4). The summed E-state index contributed by atoms with van der Waals surface area (Å²) in [4.78, 5) is 19.3. The minimum absolute atomic E-state index is 0.0536. The van der Waals surface area contributed by atoms with E-state index in [0.29, 0.717) is 6.42 Å². The van der Waals surface area contributed by atoms with Gasteiger partial charge in [0, 0.05) is 12.0 Å². The number of ketones is 1. The summed E-state index contributed by atoms with van der Waals surface area (Å²) in [5.41, 5.74) is 1.40. The number of nitrogens with zero attached hydrogens (tertiary/aromatic N) is 1. The lowest BCUT2D eigenvalue weighted by Crippen LogP contribution is -2.42. The second-order valence-electron chi connectivity index (χ2n) is 5.13. The Morgan fingerprint density at radius 2 is 1.77 bits per heavy atom. The zero-order chi connectivity index (χ0) is 17.0. The van der Waals surface area contributed by atoms with Gasteiger partial charge in [-0.3, -0.25) is 0 Å². The van der Waals surface area contributed by atoms with Gasteiger partial charge in [-0.05, 0) is 38.3 Å². The van der Waals surface area contributed by atoms with E-state index < -0.39 is 5.09 Å². The van der Waals surface area contributed by atoms with E-state index in [1.165, 1.54) is 5.56 Å². The quantitative estimate of drug-likeness (QED) is 0.436. The van der Waals surface area contributed by atoms with Gasteiger partial charge in [0.1, 0.15) is 5.78 Å². The molecule has 6 nitrogen and oxygen atoms in total. The van der Waals surface area contributed by atoms with E-state index in [4.69, 9.17) is 15.3 Å². The van der Waals surface area contributed by atoms with Crippen molar-refractivity contribution in [2.75, 3.05) is 6.54 Å². The Morgan fingerprint density at radius 3 is 2.18 bits per heavy atom. The molecule has 0 saturated heterocycles. The highest BCUT2D eigenvalue weighted by Crippen LogP contribution is 2.28. The van der Waals surface area contributed by atoms with Crippen LogP contribution in [0.5, 0.6) is 0 Å². The molecule has 0 radical (unpaired) electrons. The Kier molecular flexibility index (Phi) is 9.78. The first kappa shape index (κ1) is 20.1. The molecule has 6 heteroatoms. The maximum atomic E-state index is 10.9. The average molecular weight is 310 g/mol. The molecular formula is C16H26N2O4. The number of carbonyl (C=O) groups excluding carboxylic acids is 1. The summed E-state index contributed by atoms with van der Waals surface area (Å²) in [5, 5.41) is 17.3. The maximum Gasteiger partial charge on any atom is 0.291 e. The second kappa shape index (κ2) is 10.7. The molecule has 0 atom stereocenters. The number of nitrogens with one attached hydrogen (secondary N) is 1. The maximum absolute atomic E-state index is 10.9. The molecule has 22 heavy (non-hydrogen) atoms. The first-order chi connectivity index (χ1) is 10.4. The Hall–Kier alpha value is -1.95. The Bertz CT molecular complexity index is 441. The summed E-state index contributed by atoms with van der Waals surface area (Å²) >= 11 is 0. The molecule has 0 aliphatic rings. The predicted molar refractivity (Wildman–Crippen MR) is 85.4 cm³/mol. The van der Waals surface area contributed by atoms with Gasteiger partial charge < -0.3 is 15.3 Å². The fourth-order valence-corrected chi connectivity index (χ4v) is 2.43. The van der Waals surface area contributed by atoms with Gasteiger partial charge in [-0.15, -0.1) is 10.1 Å². The molecule has 0 saturated carbocycles. The van der Waals surface area contributed by atoms with E-state index in [1.54, 1.807) is 6.92 Å². The summed E-state index contributed by atoms with van der Waals surface area (Å²) in [6, 6.07) is 10.6. The second-order valence-corrected chi connectivity index (χ2v) is 5.13. The molecule has 2 N–H and O–H groups in total. The topological polar surface area (TPSA) is 92.5 Å². The molecule has 0 unspecified atom stereocenters. The van der Waals surface area contributed by atoms with Gasteiger partial charge in [-0.2, -0.15) is 0 Å². The minimum atomic E-state index is -1.50. The Balaban J connectivity index is 0.000000980. The molecule has 0 heterocycles. The monoisotopic (exact) mass is 310 g/mol. The largest absolute Gasteiger partial charge is 0.328 e. The molecule has 124 valence electrons. The normalized spacial score (nSPS) is 10.5. The molecular weight excluding hydrogens is 284 g/mol. The molecule has 0 aromatic heterocycles. The summed E-state index contributed by atoms with van der Waals surface area (Å²) in [7, 11) is 0. The Morgan fingerprint density at radius 1 is 1.27 bits per heavy atom. The van der Waals surface area contributed by atoms with Crippen LogP contribution in [0.15, 0.2) is 30.3 Å². The third-order valence-electron chi connectivity index (χ3n) is 3.70. The number of rotatable bonds is 8. The van der Waals surface area contributed by atoms with E-state index in [9.17, 15) is 4.79 Å². The molecule has 0 aliphatic heterocycles. The third kappa shape index (κ3) is 7.73. The zero-order valence-electron chi connectivity index (χ0n) is 13.5. The van der Waals surface area contributed by atoms with Crippen LogP contribution in [-0.4, -0.2) is 22.6 Å². The van der Waals surface area contributed by atoms with Crippen LogP contribution in [0.25, 0.3) is 0 Å². The van der Waals surface area contributed by atoms with Gasteiger partial charge >= 0.3 is 0 Å². The summed E-state index contributed by atoms with van der Waals surface area (Å²) in [6.07, 6.45) is 3.72. The molecule has 0 fully saturated rings. The molecule has 0 spiro atoms. The smallest absolute Gasteiger partial charge is 0.291 e. The highest BCUT2D eigenvalue weighted by atomic mass is 16.9. The van der Waals surface area contributed by atoms with Crippen molar-refractivity contribution in [2.24, 2.45) is 0 Å². The van der Waals surface area contributed by atoms with Crippen molar-refractivity contribution < 1.29 is 15.1 Å². The van der Waals surface area contributed by atoms with Crippen LogP contribution in [0.1, 0.15) is 52.0 Å². The molecule has 1 aromatic rings. The summed E-state index contributed by atoms with van der Waals surface area (Å²) in [6.45, 7) is 6.99. The summed E-state index contributed by atoms with van der Waals surface area (Å²) in [5.74, 6) is 0.273. The zero-order valence-corrected chi connectivity index (χ0v) is 13.5. The molecule has 1 rings (SSSR count). The number of carbonyl (C=O) groups is 1. The molecule has 0 amide bonds. The summed E-state index contributed by atoms with van der Waals surface area (Å²) < 4.78 is 0. The fourth-order valence-electron chi connectivity index (χ4n) is 2.43. The Labute approximate surface area is 131 Å². The molecule has 0 aliphatic carbocycles. The van der Waals surface area contributed by atoms with Gasteiger partial charge in [0.25, 0.3) is 5.09 Å². The lowest BCUT2D eigenvalue weighted by molar-refractivity contribution is -0.742. The van der Waals surface area contributed by atoms with Gasteiger partial charge in [0.15, 0.2) is 0 Å². The van der Waals surface area contributed by atoms with Crippen molar-refractivity contribution in [1.82, 2.24) is 5.32 Å². The van der Waals surface area contributed by atoms with Crippen molar-refractivity contribution in [3.63, 3.8) is 0 Å². The van der Waals surface area contributed by atoms with E-state index >= 15 is 0 Å². The number of hydrogen-bond acceptors (Lipinski definition) is 4. The van der Waals surface area contributed by atoms with Crippen molar-refractivity contribution in [3.05, 3.63) is 46.0 Å². The van der Waals surface area contributed by atoms with Crippen LogP contribution in [0.3, 0.4) is 0 Å². The predicted octanol–water partition coefficient (Wildman–Crippen LogP) is 3.31. The lowest BCUT2D eigenvalue weighted by Gasteiger charge is -2.34. The van der Waals surface area contributed by atoms with Crippen LogP contribution < -0.4 is 5.32 Å². The van der Waals surface area contributed by atoms with Crippen molar-refractivity contribution in [1.29, 1.82) is 0 Å². The highest BCUT2D eigenvalue weighted by molar-refractivity contribution is 5.75. The SMILES string of the molecule is CCC(CC)(NCCCC(C)=O)c1ccccc1.O=[N+]([O-])O. The first-order valence-corrected chi connectivity index (χ1v) is 7.51. The van der Waals surface area contributed by atoms with Gasteiger partial charge in [0.2, 0.25) is 0 Å². The highest BCUT2D eigenvalue weighted by Gasteiger charge is 2.26. The average Bonchev–Trinajstić information content (AvgIpc) is 2.48. The lowest BCUT2D eigenvalue weighted by atomic mass is 9.84. The van der Waals surface area contributed by atoms with E-state index in [0.717, 1.165) is 25.8 Å². The first-order valence-electron chi connectivity index (χ1n) is 7.51. The van der Waals surface area contributed by atoms with E-state index in [-0.39, 0.29) is 11.3 Å². The van der Waals surface area contributed by atoms with Crippen LogP contribution in [0, 0.1) is 10.1 Å². The van der Waals surface area contributed by atoms with Crippen LogP contribution in [-0.2, 0) is 10.3 Å². The van der Waals surface area contributed by atoms with Gasteiger partial charge in [0.05, 0.1) is 0 Å². The van der Waals surface area contributed by atoms with Gasteiger partial charge in [-0.25, -0.2) is 0 Å². The van der Waals surface area contributed by atoms with Crippen LogP contribution in [0.2, 0.25) is 0 Å². The minimum Gasteiger partial charge on any atom is -0.328 e. The fraction of sp³-hybridized carbons (Fsp3) is 0.562. The molecule has 1 aromatic carbocycles. The third-order valence-corrected chi connectivity index (χ3v) is 3.70. The number of benzene rings is 1. The molecule has 0 bridgehead atoms. The van der Waals surface area contributed by atoms with Crippen molar-refractivity contribution in [2.45, 2.75) is 52.0 Å². The van der Waals surface area contributed by atoms with E-state index in [1.807, 2.05) is 0 Å². The van der Waals surface area contributed by atoms with Crippen LogP contribution in [0.4, 0.5) is 0 Å². The number of Topliss-reactive ketones (excluding diaryl/α,β-unsaturated/α-hetero) is 1. The van der Waals surface area contributed by atoms with Crippen molar-refractivity contribution in [3.8, 4) is 0 Å². The number of hydrogen-bond donors (Lipinski definition) is 2.